The number of carbonyl (C=O) groups is 3. The SMILES string of the molecule is C/C=C/C(=O)c1c(C)cc(C)c(C2CC(=O)C(=C(O)CC)C(=O)C2)c1C. The molecule has 1 saturated carbocycles. The van der Waals surface area contributed by atoms with Crippen LogP contribution in [0.4, 0.5) is 0 Å². The number of hydrogen-bond donors (Lipinski definition) is 1. The van der Waals surface area contributed by atoms with Gasteiger partial charge in [-0.15, -0.1) is 0 Å². The van der Waals surface area contributed by atoms with E-state index in [2.05, 4.69) is 0 Å². The molecular formula is C22H26O4. The average molecular weight is 354 g/mol. The van der Waals surface area contributed by atoms with E-state index in [9.17, 15) is 19.5 Å². The largest absolute Gasteiger partial charge is 0.511 e. The second-order valence-electron chi connectivity index (χ2n) is 6.92. The molecule has 1 aromatic carbocycles. The van der Waals surface area contributed by atoms with E-state index < -0.39 is 0 Å². The van der Waals surface area contributed by atoms with Crippen molar-refractivity contribution >= 4 is 17.3 Å². The molecule has 0 spiro atoms. The van der Waals surface area contributed by atoms with Crippen LogP contribution in [0.2, 0.25) is 0 Å². The van der Waals surface area contributed by atoms with E-state index in [1.165, 1.54) is 6.08 Å². The average Bonchev–Trinajstić information content (AvgIpc) is 2.53. The highest BCUT2D eigenvalue weighted by molar-refractivity contribution is 6.22. The van der Waals surface area contributed by atoms with Crippen molar-refractivity contribution in [2.75, 3.05) is 0 Å². The Kier molecular flexibility index (Phi) is 5.96. The van der Waals surface area contributed by atoms with Gasteiger partial charge in [0.1, 0.15) is 5.76 Å². The summed E-state index contributed by atoms with van der Waals surface area (Å²) in [6.45, 7) is 9.24. The third-order valence-electron chi connectivity index (χ3n) is 5.05. The number of aryl methyl sites for hydroxylation is 2. The minimum atomic E-state index is -0.314. The first-order valence-corrected chi connectivity index (χ1v) is 8.99. The molecule has 1 aliphatic rings. The Morgan fingerprint density at radius 2 is 1.73 bits per heavy atom. The fraction of sp³-hybridized carbons (Fsp3) is 0.409. The number of benzene rings is 1. The van der Waals surface area contributed by atoms with Crippen molar-refractivity contribution in [2.45, 2.75) is 59.8 Å². The van der Waals surface area contributed by atoms with Crippen LogP contribution in [0, 0.1) is 20.8 Å². The van der Waals surface area contributed by atoms with Crippen LogP contribution in [-0.4, -0.2) is 22.5 Å². The molecule has 0 aromatic heterocycles. The molecule has 0 saturated heterocycles. The van der Waals surface area contributed by atoms with E-state index in [1.807, 2.05) is 26.8 Å². The van der Waals surface area contributed by atoms with E-state index >= 15 is 0 Å². The van der Waals surface area contributed by atoms with Crippen LogP contribution in [0.15, 0.2) is 29.6 Å². The summed E-state index contributed by atoms with van der Waals surface area (Å²) in [5.41, 5.74) is 4.21. The molecule has 0 unspecified atom stereocenters. The summed E-state index contributed by atoms with van der Waals surface area (Å²) < 4.78 is 0. The van der Waals surface area contributed by atoms with Crippen molar-refractivity contribution in [1.29, 1.82) is 0 Å². The Hall–Kier alpha value is -2.49. The number of ketones is 3. The van der Waals surface area contributed by atoms with E-state index in [0.717, 1.165) is 22.3 Å². The topological polar surface area (TPSA) is 71.4 Å². The molecule has 1 aliphatic carbocycles. The van der Waals surface area contributed by atoms with Crippen LogP contribution in [0.5, 0.6) is 0 Å². The molecule has 1 aromatic rings. The highest BCUT2D eigenvalue weighted by Gasteiger charge is 2.35. The molecular weight excluding hydrogens is 328 g/mol. The lowest BCUT2D eigenvalue weighted by molar-refractivity contribution is -0.124. The molecule has 138 valence electrons. The predicted octanol–water partition coefficient (Wildman–Crippen LogP) is 4.61. The zero-order valence-electron chi connectivity index (χ0n) is 16.1. The van der Waals surface area contributed by atoms with Crippen molar-refractivity contribution in [2.24, 2.45) is 0 Å². The first-order chi connectivity index (χ1) is 12.2. The Bertz CT molecular complexity index is 820. The zero-order chi connectivity index (χ0) is 19.6. The maximum Gasteiger partial charge on any atom is 0.186 e. The molecule has 0 radical (unpaired) electrons. The molecule has 26 heavy (non-hydrogen) atoms. The lowest BCUT2D eigenvalue weighted by atomic mass is 9.75. The number of aliphatic hydroxyl groups excluding tert-OH is 1. The summed E-state index contributed by atoms with van der Waals surface area (Å²) >= 11 is 0. The lowest BCUT2D eigenvalue weighted by Gasteiger charge is -2.27. The van der Waals surface area contributed by atoms with Gasteiger partial charge in [-0.2, -0.15) is 0 Å². The molecule has 4 nitrogen and oxygen atoms in total. The van der Waals surface area contributed by atoms with Gasteiger partial charge in [0.25, 0.3) is 0 Å². The van der Waals surface area contributed by atoms with Crippen molar-refractivity contribution in [3.8, 4) is 0 Å². The quantitative estimate of drug-likeness (QED) is 0.371. The maximum atomic E-state index is 12.5. The lowest BCUT2D eigenvalue weighted by Crippen LogP contribution is -2.27. The van der Waals surface area contributed by atoms with Gasteiger partial charge in [0, 0.05) is 24.8 Å². The van der Waals surface area contributed by atoms with E-state index in [1.54, 1.807) is 19.9 Å². The predicted molar refractivity (Wildman–Crippen MR) is 102 cm³/mol. The molecule has 1 fully saturated rings. The molecule has 0 atom stereocenters. The molecule has 0 amide bonds. The number of allylic oxidation sites excluding steroid dienone is 4. The number of aliphatic hydroxyl groups is 1. The second-order valence-corrected chi connectivity index (χ2v) is 6.92. The summed E-state index contributed by atoms with van der Waals surface area (Å²) in [4.78, 5) is 37.4. The molecule has 0 heterocycles. The van der Waals surface area contributed by atoms with Crippen molar-refractivity contribution in [1.82, 2.24) is 0 Å². The van der Waals surface area contributed by atoms with Gasteiger partial charge in [-0.25, -0.2) is 0 Å². The van der Waals surface area contributed by atoms with Gasteiger partial charge in [-0.1, -0.05) is 19.1 Å². The number of Topliss-reactive ketones (excluding diaryl/α,β-unsaturated/α-hetero) is 2. The standard InChI is InChI=1S/C22H26O4/c1-6-8-17(24)21-13(4)9-12(3)20(14(21)5)15-10-18(25)22(16(23)7-2)19(26)11-15/h6,8-9,15,23H,7,10-11H2,1-5H3/b8-6+,22-16?. The van der Waals surface area contributed by atoms with Crippen LogP contribution < -0.4 is 0 Å². The van der Waals surface area contributed by atoms with Crippen LogP contribution in [0.1, 0.15) is 71.6 Å². The Labute approximate surface area is 154 Å². The third-order valence-corrected chi connectivity index (χ3v) is 5.05. The first kappa shape index (κ1) is 19.8. The zero-order valence-corrected chi connectivity index (χ0v) is 16.1. The number of carbonyl (C=O) groups excluding carboxylic acids is 3. The molecule has 4 heteroatoms. The smallest absolute Gasteiger partial charge is 0.186 e. The normalized spacial score (nSPS) is 17.9. The first-order valence-electron chi connectivity index (χ1n) is 8.99. The van der Waals surface area contributed by atoms with Crippen LogP contribution in [0.25, 0.3) is 0 Å². The van der Waals surface area contributed by atoms with Gasteiger partial charge >= 0.3 is 0 Å². The third kappa shape index (κ3) is 3.55. The molecule has 0 bridgehead atoms. The summed E-state index contributed by atoms with van der Waals surface area (Å²) in [5, 5.41) is 9.89. The Morgan fingerprint density at radius 1 is 1.15 bits per heavy atom. The second kappa shape index (κ2) is 7.81. The van der Waals surface area contributed by atoms with E-state index in [4.69, 9.17) is 0 Å². The molecule has 0 aliphatic heterocycles. The van der Waals surface area contributed by atoms with Crippen LogP contribution >= 0.6 is 0 Å². The Morgan fingerprint density at radius 3 is 2.23 bits per heavy atom. The molecule has 2 rings (SSSR count). The summed E-state index contributed by atoms with van der Waals surface area (Å²) in [6.07, 6.45) is 3.85. The van der Waals surface area contributed by atoms with Gasteiger partial charge < -0.3 is 5.11 Å². The van der Waals surface area contributed by atoms with Crippen LogP contribution in [0.3, 0.4) is 0 Å². The Balaban J connectivity index is 2.54. The van der Waals surface area contributed by atoms with Gasteiger partial charge in [-0.05, 0) is 61.9 Å². The number of rotatable bonds is 4. The molecule has 1 N–H and O–H groups in total. The van der Waals surface area contributed by atoms with Crippen LogP contribution in [-0.2, 0) is 9.59 Å². The van der Waals surface area contributed by atoms with Gasteiger partial charge in [0.05, 0.1) is 5.57 Å². The monoisotopic (exact) mass is 354 g/mol. The summed E-state index contributed by atoms with van der Waals surface area (Å²) in [5.74, 6) is -1.08. The minimum absolute atomic E-state index is 0.0450. The summed E-state index contributed by atoms with van der Waals surface area (Å²) in [6, 6.07) is 1.95. The van der Waals surface area contributed by atoms with Crippen molar-refractivity contribution < 1.29 is 19.5 Å². The van der Waals surface area contributed by atoms with E-state index in [0.29, 0.717) is 5.56 Å². The van der Waals surface area contributed by atoms with Crippen molar-refractivity contribution in [3.05, 3.63) is 57.4 Å². The van der Waals surface area contributed by atoms with Gasteiger partial charge in [0.2, 0.25) is 0 Å². The fourth-order valence-corrected chi connectivity index (χ4v) is 4.03. The van der Waals surface area contributed by atoms with Crippen molar-refractivity contribution in [3.63, 3.8) is 0 Å². The number of hydrogen-bond acceptors (Lipinski definition) is 4. The fourth-order valence-electron chi connectivity index (χ4n) is 4.03. The highest BCUT2D eigenvalue weighted by atomic mass is 16.3. The van der Waals surface area contributed by atoms with Gasteiger partial charge in [0.15, 0.2) is 17.3 Å². The van der Waals surface area contributed by atoms with Gasteiger partial charge in [-0.3, -0.25) is 14.4 Å². The minimum Gasteiger partial charge on any atom is -0.511 e. The van der Waals surface area contributed by atoms with E-state index in [-0.39, 0.29) is 53.9 Å². The highest BCUT2D eigenvalue weighted by Crippen LogP contribution is 2.38. The maximum absolute atomic E-state index is 12.5. The summed E-state index contributed by atoms with van der Waals surface area (Å²) in [7, 11) is 0.